The molecule has 2 heterocycles. The van der Waals surface area contributed by atoms with Crippen LogP contribution < -0.4 is 0 Å². The van der Waals surface area contributed by atoms with Crippen molar-refractivity contribution >= 4 is 5.78 Å². The van der Waals surface area contributed by atoms with Gasteiger partial charge in [0, 0.05) is 32.5 Å². The SMILES string of the molecule is Cc1ccc(CN2CCC(=O)CC2)nn1. The van der Waals surface area contributed by atoms with E-state index in [4.69, 9.17) is 0 Å². The highest BCUT2D eigenvalue weighted by atomic mass is 16.1. The maximum absolute atomic E-state index is 11.1. The lowest BCUT2D eigenvalue weighted by Gasteiger charge is -2.24. The van der Waals surface area contributed by atoms with E-state index in [1.165, 1.54) is 0 Å². The topological polar surface area (TPSA) is 46.1 Å². The fraction of sp³-hybridized carbons (Fsp3) is 0.545. The highest BCUT2D eigenvalue weighted by Gasteiger charge is 2.16. The molecule has 0 spiro atoms. The number of rotatable bonds is 2. The van der Waals surface area contributed by atoms with Crippen molar-refractivity contribution in [3.8, 4) is 0 Å². The molecule has 1 saturated heterocycles. The Bertz CT molecular complexity index is 337. The number of hydrogen-bond acceptors (Lipinski definition) is 4. The summed E-state index contributed by atoms with van der Waals surface area (Å²) in [5.41, 5.74) is 1.92. The maximum atomic E-state index is 11.1. The van der Waals surface area contributed by atoms with Gasteiger partial charge in [0.25, 0.3) is 0 Å². The van der Waals surface area contributed by atoms with Crippen molar-refractivity contribution in [2.75, 3.05) is 13.1 Å². The van der Waals surface area contributed by atoms with Gasteiger partial charge in [-0.05, 0) is 19.1 Å². The van der Waals surface area contributed by atoms with Crippen LogP contribution >= 0.6 is 0 Å². The van der Waals surface area contributed by atoms with Crippen LogP contribution in [0.1, 0.15) is 24.2 Å². The van der Waals surface area contributed by atoms with Gasteiger partial charge in [-0.1, -0.05) is 0 Å². The van der Waals surface area contributed by atoms with Crippen molar-refractivity contribution in [2.45, 2.75) is 26.3 Å². The average molecular weight is 205 g/mol. The highest BCUT2D eigenvalue weighted by molar-refractivity contribution is 5.79. The number of ketones is 1. The van der Waals surface area contributed by atoms with Crippen LogP contribution in [0.2, 0.25) is 0 Å². The van der Waals surface area contributed by atoms with Crippen LogP contribution in [0, 0.1) is 6.92 Å². The second-order valence-electron chi connectivity index (χ2n) is 3.98. The Morgan fingerprint density at radius 2 is 2.00 bits per heavy atom. The monoisotopic (exact) mass is 205 g/mol. The summed E-state index contributed by atoms with van der Waals surface area (Å²) in [7, 11) is 0. The number of piperidine rings is 1. The largest absolute Gasteiger partial charge is 0.300 e. The molecule has 4 nitrogen and oxygen atoms in total. The number of likely N-dealkylation sites (tertiary alicyclic amines) is 1. The fourth-order valence-electron chi connectivity index (χ4n) is 1.70. The first-order chi connectivity index (χ1) is 7.24. The summed E-state index contributed by atoms with van der Waals surface area (Å²) in [6.45, 7) is 4.44. The molecule has 0 amide bonds. The van der Waals surface area contributed by atoms with Crippen molar-refractivity contribution < 1.29 is 4.79 Å². The number of aryl methyl sites for hydroxylation is 1. The average Bonchev–Trinajstić information content (AvgIpc) is 2.25. The number of hydrogen-bond donors (Lipinski definition) is 0. The Morgan fingerprint density at radius 3 is 2.60 bits per heavy atom. The number of carbonyl (C=O) groups excluding carboxylic acids is 1. The van der Waals surface area contributed by atoms with Crippen molar-refractivity contribution in [3.63, 3.8) is 0 Å². The van der Waals surface area contributed by atoms with Gasteiger partial charge in [0.05, 0.1) is 11.4 Å². The zero-order valence-corrected chi connectivity index (χ0v) is 8.94. The van der Waals surface area contributed by atoms with Crippen LogP contribution in [-0.4, -0.2) is 34.0 Å². The molecule has 2 rings (SSSR count). The minimum Gasteiger partial charge on any atom is -0.300 e. The lowest BCUT2D eigenvalue weighted by atomic mass is 10.1. The summed E-state index contributed by atoms with van der Waals surface area (Å²) >= 11 is 0. The molecule has 1 aliphatic heterocycles. The molecule has 15 heavy (non-hydrogen) atoms. The van der Waals surface area contributed by atoms with Gasteiger partial charge in [0.2, 0.25) is 0 Å². The summed E-state index contributed by atoms with van der Waals surface area (Å²) in [6.07, 6.45) is 1.36. The molecule has 0 atom stereocenters. The first-order valence-electron chi connectivity index (χ1n) is 5.27. The molecular weight excluding hydrogens is 190 g/mol. The van der Waals surface area contributed by atoms with E-state index in [-0.39, 0.29) is 0 Å². The van der Waals surface area contributed by atoms with Crippen LogP contribution in [0.5, 0.6) is 0 Å². The molecule has 1 fully saturated rings. The molecule has 1 aromatic rings. The normalized spacial score (nSPS) is 18.1. The summed E-state index contributed by atoms with van der Waals surface area (Å²) in [5.74, 6) is 0.376. The van der Waals surface area contributed by atoms with Crippen molar-refractivity contribution in [1.82, 2.24) is 15.1 Å². The van der Waals surface area contributed by atoms with Crippen LogP contribution in [0.4, 0.5) is 0 Å². The molecule has 0 unspecified atom stereocenters. The van der Waals surface area contributed by atoms with Crippen LogP contribution in [0.25, 0.3) is 0 Å². The molecule has 4 heteroatoms. The summed E-state index contributed by atoms with van der Waals surface area (Å²) < 4.78 is 0. The second kappa shape index (κ2) is 4.49. The summed E-state index contributed by atoms with van der Waals surface area (Å²) in [4.78, 5) is 13.3. The Morgan fingerprint density at radius 1 is 1.27 bits per heavy atom. The molecule has 0 aromatic carbocycles. The van der Waals surface area contributed by atoms with E-state index in [1.54, 1.807) is 0 Å². The molecule has 0 aliphatic carbocycles. The van der Waals surface area contributed by atoms with Gasteiger partial charge in [0.15, 0.2) is 0 Å². The van der Waals surface area contributed by atoms with Gasteiger partial charge in [-0.2, -0.15) is 10.2 Å². The molecule has 0 saturated carbocycles. The predicted octanol–water partition coefficient (Wildman–Crippen LogP) is 0.950. The van der Waals surface area contributed by atoms with Crippen LogP contribution in [-0.2, 0) is 11.3 Å². The Kier molecular flexibility index (Phi) is 3.06. The molecule has 1 aliphatic rings. The maximum Gasteiger partial charge on any atom is 0.135 e. The van der Waals surface area contributed by atoms with E-state index in [2.05, 4.69) is 15.1 Å². The molecule has 0 radical (unpaired) electrons. The second-order valence-corrected chi connectivity index (χ2v) is 3.98. The minimum atomic E-state index is 0.376. The lowest BCUT2D eigenvalue weighted by molar-refractivity contribution is -0.121. The van der Waals surface area contributed by atoms with Gasteiger partial charge in [-0.25, -0.2) is 0 Å². The smallest absolute Gasteiger partial charge is 0.135 e. The molecular formula is C11H15N3O. The molecule has 1 aromatic heterocycles. The zero-order chi connectivity index (χ0) is 10.7. The highest BCUT2D eigenvalue weighted by Crippen LogP contribution is 2.09. The number of carbonyl (C=O) groups is 1. The van der Waals surface area contributed by atoms with E-state index in [0.29, 0.717) is 18.6 Å². The van der Waals surface area contributed by atoms with Crippen molar-refractivity contribution in [3.05, 3.63) is 23.5 Å². The van der Waals surface area contributed by atoms with E-state index >= 15 is 0 Å². The summed E-state index contributed by atoms with van der Waals surface area (Å²) in [5, 5.41) is 8.13. The minimum absolute atomic E-state index is 0.376. The quantitative estimate of drug-likeness (QED) is 0.721. The number of Topliss-reactive ketones (excluding diaryl/α,β-unsaturated/α-hetero) is 1. The van der Waals surface area contributed by atoms with Gasteiger partial charge >= 0.3 is 0 Å². The van der Waals surface area contributed by atoms with Gasteiger partial charge in [-0.15, -0.1) is 0 Å². The molecule has 0 N–H and O–H groups in total. The fourth-order valence-corrected chi connectivity index (χ4v) is 1.70. The van der Waals surface area contributed by atoms with Crippen LogP contribution in [0.15, 0.2) is 12.1 Å². The Hall–Kier alpha value is -1.29. The van der Waals surface area contributed by atoms with E-state index in [1.807, 2.05) is 19.1 Å². The van der Waals surface area contributed by atoms with Crippen LogP contribution in [0.3, 0.4) is 0 Å². The van der Waals surface area contributed by atoms with E-state index in [0.717, 1.165) is 31.0 Å². The van der Waals surface area contributed by atoms with Crippen molar-refractivity contribution in [2.24, 2.45) is 0 Å². The molecule has 0 bridgehead atoms. The van der Waals surface area contributed by atoms with Gasteiger partial charge in [0.1, 0.15) is 5.78 Å². The van der Waals surface area contributed by atoms with Crippen molar-refractivity contribution in [1.29, 1.82) is 0 Å². The standard InChI is InChI=1S/C11H15N3O/c1-9-2-3-10(13-12-9)8-14-6-4-11(15)5-7-14/h2-3H,4-8H2,1H3. The lowest BCUT2D eigenvalue weighted by Crippen LogP contribution is -2.33. The third kappa shape index (κ3) is 2.83. The Labute approximate surface area is 89.3 Å². The predicted molar refractivity (Wildman–Crippen MR) is 56.3 cm³/mol. The molecule has 80 valence electrons. The summed E-state index contributed by atoms with van der Waals surface area (Å²) in [6, 6.07) is 3.97. The zero-order valence-electron chi connectivity index (χ0n) is 8.94. The third-order valence-corrected chi connectivity index (χ3v) is 2.65. The number of nitrogens with zero attached hydrogens (tertiary/aromatic N) is 3. The van der Waals surface area contributed by atoms with Gasteiger partial charge in [-0.3, -0.25) is 9.69 Å². The first kappa shape index (κ1) is 10.2. The first-order valence-corrected chi connectivity index (χ1v) is 5.27. The Balaban J connectivity index is 1.91. The third-order valence-electron chi connectivity index (χ3n) is 2.65. The van der Waals surface area contributed by atoms with E-state index < -0.39 is 0 Å². The number of aromatic nitrogens is 2. The van der Waals surface area contributed by atoms with E-state index in [9.17, 15) is 4.79 Å². The van der Waals surface area contributed by atoms with Gasteiger partial charge < -0.3 is 0 Å².